The number of anilines is 1. The normalized spacial score (nSPS) is 22.8. The minimum absolute atomic E-state index is 0.0521. The van der Waals surface area contributed by atoms with E-state index < -0.39 is 34.8 Å². The number of hydrogen-bond acceptors (Lipinski definition) is 2. The van der Waals surface area contributed by atoms with Crippen molar-refractivity contribution in [3.63, 3.8) is 0 Å². The molecule has 0 radical (unpaired) electrons. The van der Waals surface area contributed by atoms with Gasteiger partial charge in [-0.2, -0.15) is 0 Å². The molecule has 1 fully saturated rings. The number of benzene rings is 1. The van der Waals surface area contributed by atoms with E-state index in [0.717, 1.165) is 0 Å². The van der Waals surface area contributed by atoms with Crippen molar-refractivity contribution >= 4 is 5.69 Å². The van der Waals surface area contributed by atoms with Crippen LogP contribution in [0.3, 0.4) is 0 Å². The Balaban J connectivity index is 2.23. The number of nitrogens with one attached hydrogen (secondary N) is 1. The van der Waals surface area contributed by atoms with E-state index in [2.05, 4.69) is 5.32 Å². The van der Waals surface area contributed by atoms with Gasteiger partial charge in [0, 0.05) is 13.2 Å². The Labute approximate surface area is 99.7 Å². The fourth-order valence-corrected chi connectivity index (χ4v) is 1.81. The molecule has 1 aliphatic rings. The predicted molar refractivity (Wildman–Crippen MR) is 53.7 cm³/mol. The number of ether oxygens (including phenoxy) is 1. The van der Waals surface area contributed by atoms with E-state index in [9.17, 15) is 22.0 Å². The van der Waals surface area contributed by atoms with Crippen molar-refractivity contribution in [1.29, 1.82) is 0 Å². The van der Waals surface area contributed by atoms with Gasteiger partial charge in [-0.3, -0.25) is 0 Å². The van der Waals surface area contributed by atoms with E-state index in [-0.39, 0.29) is 12.1 Å². The lowest BCUT2D eigenvalue weighted by Crippen LogP contribution is -2.40. The summed E-state index contributed by atoms with van der Waals surface area (Å²) >= 11 is 0. The number of methoxy groups -OCH3 is 1. The highest BCUT2D eigenvalue weighted by atomic mass is 19.2. The van der Waals surface area contributed by atoms with Crippen LogP contribution in [0, 0.1) is 29.1 Å². The average molecular weight is 267 g/mol. The summed E-state index contributed by atoms with van der Waals surface area (Å²) < 4.78 is 70.1. The van der Waals surface area contributed by atoms with Gasteiger partial charge in [0.05, 0.1) is 6.10 Å². The molecule has 2 nitrogen and oxygen atoms in total. The Morgan fingerprint density at radius 1 is 0.889 bits per heavy atom. The lowest BCUT2D eigenvalue weighted by molar-refractivity contribution is 0.0327. The number of rotatable bonds is 3. The largest absolute Gasteiger partial charge is 0.381 e. The van der Waals surface area contributed by atoms with Crippen LogP contribution in [0.15, 0.2) is 0 Å². The van der Waals surface area contributed by atoms with Gasteiger partial charge in [-0.05, 0) is 12.8 Å². The molecule has 1 aromatic rings. The van der Waals surface area contributed by atoms with Gasteiger partial charge in [-0.15, -0.1) is 0 Å². The molecule has 1 aliphatic carbocycles. The van der Waals surface area contributed by atoms with Crippen molar-refractivity contribution in [2.24, 2.45) is 0 Å². The quantitative estimate of drug-likeness (QED) is 0.516. The zero-order valence-electron chi connectivity index (χ0n) is 9.37. The molecule has 0 amide bonds. The standard InChI is InChI=1S/C11H10F5NO/c1-18-5-2-4(3-5)17-11-9(15)7(13)6(12)8(14)10(11)16/h4-5,17H,2-3H2,1H3. The summed E-state index contributed by atoms with van der Waals surface area (Å²) in [5, 5.41) is 2.31. The highest BCUT2D eigenvalue weighted by molar-refractivity contribution is 5.49. The summed E-state index contributed by atoms with van der Waals surface area (Å²) in [5.41, 5.74) is -0.981. The minimum atomic E-state index is -2.15. The molecule has 0 saturated heterocycles. The minimum Gasteiger partial charge on any atom is -0.381 e. The molecule has 1 aromatic carbocycles. The first-order valence-electron chi connectivity index (χ1n) is 5.26. The van der Waals surface area contributed by atoms with Crippen LogP contribution in [-0.2, 0) is 4.74 Å². The van der Waals surface area contributed by atoms with Gasteiger partial charge < -0.3 is 10.1 Å². The summed E-state index contributed by atoms with van der Waals surface area (Å²) in [6.45, 7) is 0. The molecule has 0 spiro atoms. The lowest BCUT2D eigenvalue weighted by atomic mass is 9.89. The summed E-state index contributed by atoms with van der Waals surface area (Å²) in [6.07, 6.45) is 0.857. The number of hydrogen-bond donors (Lipinski definition) is 1. The molecule has 0 heterocycles. The topological polar surface area (TPSA) is 21.3 Å². The van der Waals surface area contributed by atoms with E-state index in [1.54, 1.807) is 0 Å². The molecule has 0 atom stereocenters. The smallest absolute Gasteiger partial charge is 0.200 e. The maximum atomic E-state index is 13.3. The molecule has 2 rings (SSSR count). The van der Waals surface area contributed by atoms with Crippen molar-refractivity contribution in [3.05, 3.63) is 29.1 Å². The Morgan fingerprint density at radius 2 is 1.33 bits per heavy atom. The summed E-state index contributed by atoms with van der Waals surface area (Å²) in [4.78, 5) is 0. The van der Waals surface area contributed by atoms with Crippen LogP contribution in [0.25, 0.3) is 0 Å². The fraction of sp³-hybridized carbons (Fsp3) is 0.455. The van der Waals surface area contributed by atoms with Crippen molar-refractivity contribution in [3.8, 4) is 0 Å². The van der Waals surface area contributed by atoms with Crippen LogP contribution in [0.4, 0.5) is 27.6 Å². The van der Waals surface area contributed by atoms with E-state index in [0.29, 0.717) is 12.8 Å². The molecule has 100 valence electrons. The fourth-order valence-electron chi connectivity index (χ4n) is 1.81. The van der Waals surface area contributed by atoms with Crippen LogP contribution in [0.1, 0.15) is 12.8 Å². The second kappa shape index (κ2) is 4.72. The molecule has 0 unspecified atom stereocenters. The third-order valence-electron chi connectivity index (χ3n) is 2.99. The number of halogens is 5. The van der Waals surface area contributed by atoms with E-state index in [1.165, 1.54) is 7.11 Å². The van der Waals surface area contributed by atoms with E-state index in [4.69, 9.17) is 4.74 Å². The maximum absolute atomic E-state index is 13.3. The molecule has 1 N–H and O–H groups in total. The van der Waals surface area contributed by atoms with Crippen LogP contribution in [0.5, 0.6) is 0 Å². The second-order valence-electron chi connectivity index (χ2n) is 4.12. The van der Waals surface area contributed by atoms with Gasteiger partial charge in [0.15, 0.2) is 23.3 Å². The van der Waals surface area contributed by atoms with Crippen molar-refractivity contribution in [2.75, 3.05) is 12.4 Å². The summed E-state index contributed by atoms with van der Waals surface area (Å²) in [6, 6.07) is -0.358. The first-order chi connectivity index (χ1) is 8.45. The van der Waals surface area contributed by atoms with Crippen LogP contribution < -0.4 is 5.32 Å². The monoisotopic (exact) mass is 267 g/mol. The second-order valence-corrected chi connectivity index (χ2v) is 4.12. The Kier molecular flexibility index (Phi) is 3.43. The van der Waals surface area contributed by atoms with Gasteiger partial charge >= 0.3 is 0 Å². The van der Waals surface area contributed by atoms with Gasteiger partial charge in [0.1, 0.15) is 5.69 Å². The molecular formula is C11H10F5NO. The van der Waals surface area contributed by atoms with Gasteiger partial charge in [-0.1, -0.05) is 0 Å². The zero-order valence-corrected chi connectivity index (χ0v) is 9.37. The molecule has 0 aromatic heterocycles. The van der Waals surface area contributed by atoms with Gasteiger partial charge in [-0.25, -0.2) is 22.0 Å². The van der Waals surface area contributed by atoms with Crippen LogP contribution >= 0.6 is 0 Å². The predicted octanol–water partition coefficient (Wildman–Crippen LogP) is 2.97. The van der Waals surface area contributed by atoms with Gasteiger partial charge in [0.2, 0.25) is 5.82 Å². The lowest BCUT2D eigenvalue weighted by Gasteiger charge is -2.35. The first kappa shape index (κ1) is 13.1. The third-order valence-corrected chi connectivity index (χ3v) is 2.99. The molecule has 0 bridgehead atoms. The SMILES string of the molecule is COC1CC(Nc2c(F)c(F)c(F)c(F)c2F)C1. The highest BCUT2D eigenvalue weighted by Crippen LogP contribution is 2.32. The molecule has 7 heteroatoms. The molecule has 1 saturated carbocycles. The first-order valence-corrected chi connectivity index (χ1v) is 5.26. The molecule has 18 heavy (non-hydrogen) atoms. The van der Waals surface area contributed by atoms with E-state index >= 15 is 0 Å². The average Bonchev–Trinajstić information content (AvgIpc) is 2.32. The Bertz CT molecular complexity index is 444. The van der Waals surface area contributed by atoms with Crippen molar-refractivity contribution < 1.29 is 26.7 Å². The van der Waals surface area contributed by atoms with Crippen molar-refractivity contribution in [1.82, 2.24) is 0 Å². The van der Waals surface area contributed by atoms with Crippen molar-refractivity contribution in [2.45, 2.75) is 25.0 Å². The van der Waals surface area contributed by atoms with Gasteiger partial charge in [0.25, 0.3) is 0 Å². The molecule has 0 aliphatic heterocycles. The highest BCUT2D eigenvalue weighted by Gasteiger charge is 2.32. The third kappa shape index (κ3) is 2.03. The Hall–Kier alpha value is -1.37. The Morgan fingerprint density at radius 3 is 1.78 bits per heavy atom. The van der Waals surface area contributed by atoms with E-state index in [1.807, 2.05) is 0 Å². The zero-order chi connectivity index (χ0) is 13.4. The summed E-state index contributed by atoms with van der Waals surface area (Å²) in [7, 11) is 1.49. The van der Waals surface area contributed by atoms with Crippen LogP contribution in [-0.4, -0.2) is 19.3 Å². The van der Waals surface area contributed by atoms with Crippen LogP contribution in [0.2, 0.25) is 0 Å². The maximum Gasteiger partial charge on any atom is 0.200 e. The molecular weight excluding hydrogens is 257 g/mol. The summed E-state index contributed by atoms with van der Waals surface area (Å²) in [5.74, 6) is -9.73.